The minimum absolute atomic E-state index is 0.513. The number of nitrogens with zero attached hydrogens (tertiary/aromatic N) is 1. The second-order valence-electron chi connectivity index (χ2n) is 2.51. The molecule has 2 nitrogen and oxygen atoms in total. The first-order valence-corrected chi connectivity index (χ1v) is 3.83. The summed E-state index contributed by atoms with van der Waals surface area (Å²) < 4.78 is 1.95. The largest absolute Gasteiger partial charge is 0.388 e. The average molecular weight is 167 g/mol. The molecule has 0 amide bonds. The molecule has 0 aliphatic carbocycles. The van der Waals surface area contributed by atoms with Crippen molar-refractivity contribution in [3.05, 3.63) is 30.1 Å². The maximum absolute atomic E-state index is 5.37. The Bertz CT molecular complexity index is 253. The van der Waals surface area contributed by atoms with Crippen molar-refractivity contribution in [2.75, 3.05) is 0 Å². The van der Waals surface area contributed by atoms with Gasteiger partial charge in [0.05, 0.1) is 0 Å². The smallest absolute Gasteiger partial charge is 0.198 e. The first-order valence-electron chi connectivity index (χ1n) is 3.42. The van der Waals surface area contributed by atoms with Crippen molar-refractivity contribution >= 4 is 17.2 Å². The van der Waals surface area contributed by atoms with Crippen LogP contribution in [-0.2, 0) is 6.54 Å². The Kier molecular flexibility index (Phi) is 2.54. The lowest BCUT2D eigenvalue weighted by Gasteiger charge is -1.93. The van der Waals surface area contributed by atoms with Crippen LogP contribution in [0, 0.1) is 6.92 Å². The van der Waals surface area contributed by atoms with Gasteiger partial charge in [-0.3, -0.25) is 0 Å². The van der Waals surface area contributed by atoms with Gasteiger partial charge in [0, 0.05) is 12.1 Å². The Morgan fingerprint density at radius 3 is 2.55 bits per heavy atom. The van der Waals surface area contributed by atoms with Crippen molar-refractivity contribution in [2.24, 2.45) is 5.73 Å². The number of nitrogens with two attached hydrogens (primary N) is 1. The van der Waals surface area contributed by atoms with Crippen molar-refractivity contribution in [3.8, 4) is 0 Å². The summed E-state index contributed by atoms with van der Waals surface area (Å²) in [5.41, 5.74) is 6.61. The highest BCUT2D eigenvalue weighted by molar-refractivity contribution is 7.80. The molecule has 0 fully saturated rings. The van der Waals surface area contributed by atoms with Gasteiger partial charge in [-0.25, -0.2) is 0 Å². The van der Waals surface area contributed by atoms with Crippen LogP contribution in [0.2, 0.25) is 0 Å². The summed E-state index contributed by atoms with van der Waals surface area (Å²) in [5, 5.41) is 0. The minimum atomic E-state index is 0.513. The molecular weight excluding hydrogens is 156 g/mol. The lowest BCUT2D eigenvalue weighted by molar-refractivity contribution is -0.681. The third-order valence-electron chi connectivity index (χ3n) is 1.40. The molecule has 1 aromatic heterocycles. The number of hydrogen-bond donors (Lipinski definition) is 1. The van der Waals surface area contributed by atoms with Crippen molar-refractivity contribution in [2.45, 2.75) is 13.5 Å². The maximum atomic E-state index is 5.37. The molecule has 0 bridgehead atoms. The van der Waals surface area contributed by atoms with Gasteiger partial charge in [0.15, 0.2) is 18.9 Å². The fourth-order valence-electron chi connectivity index (χ4n) is 0.817. The summed E-state index contributed by atoms with van der Waals surface area (Å²) in [6, 6.07) is 4.05. The predicted octanol–water partition coefficient (Wildman–Crippen LogP) is 0.569. The van der Waals surface area contributed by atoms with Gasteiger partial charge in [0.25, 0.3) is 0 Å². The zero-order valence-corrected chi connectivity index (χ0v) is 7.27. The van der Waals surface area contributed by atoms with Gasteiger partial charge in [-0.1, -0.05) is 12.2 Å². The van der Waals surface area contributed by atoms with E-state index in [1.54, 1.807) is 0 Å². The number of rotatable bonds is 2. The monoisotopic (exact) mass is 167 g/mol. The molecule has 2 N–H and O–H groups in total. The molecule has 11 heavy (non-hydrogen) atoms. The standard InChI is InChI=1S/C8H10N2S/c1-7-2-4-10(5-3-7)6-8(9)11/h2-5H,6H2,1H3,(H-,9,11)/p+1. The Morgan fingerprint density at radius 1 is 1.55 bits per heavy atom. The molecule has 0 atom stereocenters. The normalized spacial score (nSPS) is 9.55. The van der Waals surface area contributed by atoms with Crippen molar-refractivity contribution in [3.63, 3.8) is 0 Å². The van der Waals surface area contributed by atoms with Crippen molar-refractivity contribution in [1.82, 2.24) is 0 Å². The van der Waals surface area contributed by atoms with Gasteiger partial charge in [0.2, 0.25) is 0 Å². The summed E-state index contributed by atoms with van der Waals surface area (Å²) in [4.78, 5) is 0.513. The van der Waals surface area contributed by atoms with E-state index in [0.29, 0.717) is 11.5 Å². The van der Waals surface area contributed by atoms with Gasteiger partial charge in [-0.05, 0) is 12.5 Å². The van der Waals surface area contributed by atoms with Crippen LogP contribution in [0.3, 0.4) is 0 Å². The molecule has 0 aromatic carbocycles. The predicted molar refractivity (Wildman–Crippen MR) is 48.2 cm³/mol. The van der Waals surface area contributed by atoms with E-state index in [2.05, 4.69) is 0 Å². The van der Waals surface area contributed by atoms with E-state index in [0.717, 1.165) is 0 Å². The molecule has 1 aromatic rings. The second kappa shape index (κ2) is 3.44. The molecule has 0 spiro atoms. The second-order valence-corrected chi connectivity index (χ2v) is 3.04. The average Bonchev–Trinajstić information content (AvgIpc) is 1.93. The molecule has 0 radical (unpaired) electrons. The third kappa shape index (κ3) is 2.63. The number of hydrogen-bond acceptors (Lipinski definition) is 1. The molecule has 0 saturated carbocycles. The molecule has 0 aliphatic rings. The van der Waals surface area contributed by atoms with Gasteiger partial charge in [-0.2, -0.15) is 4.57 Å². The number of aryl methyl sites for hydroxylation is 1. The first kappa shape index (κ1) is 8.14. The van der Waals surface area contributed by atoms with Crippen LogP contribution in [0.4, 0.5) is 0 Å². The molecule has 0 aliphatic heterocycles. The van der Waals surface area contributed by atoms with E-state index in [4.69, 9.17) is 18.0 Å². The fourth-order valence-corrected chi connectivity index (χ4v) is 0.966. The summed E-state index contributed by atoms with van der Waals surface area (Å²) in [5.74, 6) is 0. The van der Waals surface area contributed by atoms with Crippen LogP contribution in [0.1, 0.15) is 5.56 Å². The molecule has 0 saturated heterocycles. The summed E-state index contributed by atoms with van der Waals surface area (Å²) in [6.07, 6.45) is 3.93. The van der Waals surface area contributed by atoms with Crippen LogP contribution in [0.15, 0.2) is 24.5 Å². The minimum Gasteiger partial charge on any atom is -0.388 e. The van der Waals surface area contributed by atoms with Crippen LogP contribution in [0.25, 0.3) is 0 Å². The third-order valence-corrected chi connectivity index (χ3v) is 1.53. The van der Waals surface area contributed by atoms with E-state index in [1.165, 1.54) is 5.56 Å². The SMILES string of the molecule is Cc1cc[n+](CC(N)=S)cc1. The van der Waals surface area contributed by atoms with Crippen LogP contribution < -0.4 is 10.3 Å². The van der Waals surface area contributed by atoms with Crippen LogP contribution in [0.5, 0.6) is 0 Å². The number of thiocarbonyl (C=S) groups is 1. The summed E-state index contributed by atoms with van der Waals surface area (Å²) >= 11 is 4.77. The lowest BCUT2D eigenvalue weighted by Crippen LogP contribution is -2.39. The Labute approximate surface area is 71.7 Å². The van der Waals surface area contributed by atoms with Crippen LogP contribution in [-0.4, -0.2) is 4.99 Å². The van der Waals surface area contributed by atoms with Crippen molar-refractivity contribution < 1.29 is 4.57 Å². The number of pyridine rings is 1. The molecule has 0 unspecified atom stereocenters. The molecule has 1 rings (SSSR count). The van der Waals surface area contributed by atoms with Gasteiger partial charge >= 0.3 is 0 Å². The van der Waals surface area contributed by atoms with E-state index < -0.39 is 0 Å². The van der Waals surface area contributed by atoms with Crippen LogP contribution >= 0.6 is 12.2 Å². The molecule has 1 heterocycles. The zero-order valence-electron chi connectivity index (χ0n) is 6.45. The van der Waals surface area contributed by atoms with E-state index >= 15 is 0 Å². The molecular formula is C8H11N2S+. The summed E-state index contributed by atoms with van der Waals surface area (Å²) in [6.45, 7) is 2.67. The highest BCUT2D eigenvalue weighted by Gasteiger charge is 1.99. The zero-order chi connectivity index (χ0) is 8.27. The highest BCUT2D eigenvalue weighted by Crippen LogP contribution is 1.89. The fraction of sp³-hybridized carbons (Fsp3) is 0.250. The van der Waals surface area contributed by atoms with Gasteiger partial charge in [-0.15, -0.1) is 0 Å². The maximum Gasteiger partial charge on any atom is 0.198 e. The Morgan fingerprint density at radius 2 is 2.09 bits per heavy atom. The highest BCUT2D eigenvalue weighted by atomic mass is 32.1. The topological polar surface area (TPSA) is 29.9 Å². The van der Waals surface area contributed by atoms with E-state index in [-0.39, 0.29) is 0 Å². The van der Waals surface area contributed by atoms with Crippen molar-refractivity contribution in [1.29, 1.82) is 0 Å². The first-order chi connectivity index (χ1) is 5.18. The lowest BCUT2D eigenvalue weighted by atomic mass is 10.3. The van der Waals surface area contributed by atoms with E-state index in [9.17, 15) is 0 Å². The van der Waals surface area contributed by atoms with Gasteiger partial charge < -0.3 is 5.73 Å². The van der Waals surface area contributed by atoms with E-state index in [1.807, 2.05) is 36.0 Å². The van der Waals surface area contributed by atoms with Gasteiger partial charge in [0.1, 0.15) is 4.99 Å². The summed E-state index contributed by atoms with van der Waals surface area (Å²) in [7, 11) is 0. The number of aromatic nitrogens is 1. The molecule has 3 heteroatoms. The quantitative estimate of drug-likeness (QED) is 0.515. The Hall–Kier alpha value is -0.960. The molecule has 58 valence electrons. The Balaban J connectivity index is 2.74.